The molecule has 1 aromatic rings. The number of hydrogen-bond acceptors (Lipinski definition) is 4. The molecule has 1 heterocycles. The molecule has 80 valence electrons. The summed E-state index contributed by atoms with van der Waals surface area (Å²) in [4.78, 5) is 3.88. The van der Waals surface area contributed by atoms with Gasteiger partial charge in [0.2, 0.25) is 0 Å². The molecule has 1 atom stereocenters. The van der Waals surface area contributed by atoms with E-state index < -0.39 is 10.0 Å². The maximum Gasteiger partial charge on any atom is 0.251 e. The average Bonchev–Trinajstić information content (AvgIpc) is 2.49. The Bertz CT molecular complexity index is 400. The normalized spacial score (nSPS) is 14.2. The van der Waals surface area contributed by atoms with Gasteiger partial charge in [-0.25, -0.2) is 18.1 Å². The summed E-state index contributed by atoms with van der Waals surface area (Å²) in [5.74, 6) is 0. The number of aryl methyl sites for hydroxylation is 1. The summed E-state index contributed by atoms with van der Waals surface area (Å²) in [6, 6.07) is 0. The van der Waals surface area contributed by atoms with E-state index in [-0.39, 0.29) is 16.1 Å². The van der Waals surface area contributed by atoms with Crippen molar-refractivity contribution in [2.24, 2.45) is 0 Å². The molecule has 0 saturated heterocycles. The Morgan fingerprint density at radius 1 is 1.71 bits per heavy atom. The number of aromatic nitrogens is 1. The number of nitrogens with one attached hydrogen (secondary N) is 1. The molecule has 7 heteroatoms. The SMILES string of the molecule is Cc1ncc(S(=O)(=O)NCC(C)Cl)s1. The molecule has 0 radical (unpaired) electrons. The first-order valence-electron chi connectivity index (χ1n) is 3.98. The summed E-state index contributed by atoms with van der Waals surface area (Å²) in [6.45, 7) is 3.71. The highest BCUT2D eigenvalue weighted by molar-refractivity contribution is 7.91. The highest BCUT2D eigenvalue weighted by atomic mass is 35.5. The lowest BCUT2D eigenvalue weighted by molar-refractivity contribution is 0.583. The van der Waals surface area contributed by atoms with Gasteiger partial charge in [0.25, 0.3) is 10.0 Å². The van der Waals surface area contributed by atoms with Crippen LogP contribution in [0, 0.1) is 6.92 Å². The summed E-state index contributed by atoms with van der Waals surface area (Å²) < 4.78 is 25.7. The lowest BCUT2D eigenvalue weighted by Crippen LogP contribution is -2.28. The first-order valence-corrected chi connectivity index (χ1v) is 6.71. The molecule has 1 unspecified atom stereocenters. The number of thiazole rings is 1. The zero-order chi connectivity index (χ0) is 10.8. The molecule has 1 aromatic heterocycles. The molecular formula is C7H11ClN2O2S2. The maximum atomic E-state index is 11.6. The monoisotopic (exact) mass is 254 g/mol. The van der Waals surface area contributed by atoms with Crippen LogP contribution in [0.25, 0.3) is 0 Å². The van der Waals surface area contributed by atoms with Gasteiger partial charge in [-0.2, -0.15) is 0 Å². The summed E-state index contributed by atoms with van der Waals surface area (Å²) >= 11 is 6.78. The van der Waals surface area contributed by atoms with Crippen molar-refractivity contribution in [2.45, 2.75) is 23.4 Å². The van der Waals surface area contributed by atoms with Crippen LogP contribution in [0.1, 0.15) is 11.9 Å². The zero-order valence-corrected chi connectivity index (χ0v) is 10.2. The fourth-order valence-electron chi connectivity index (χ4n) is 0.762. The van der Waals surface area contributed by atoms with Crippen LogP contribution in [0.3, 0.4) is 0 Å². The summed E-state index contributed by atoms with van der Waals surface area (Å²) in [5, 5.41) is 0.503. The van der Waals surface area contributed by atoms with E-state index >= 15 is 0 Å². The lowest BCUT2D eigenvalue weighted by atomic mass is 10.5. The van der Waals surface area contributed by atoms with E-state index in [9.17, 15) is 8.42 Å². The number of hydrogen-bond donors (Lipinski definition) is 1. The molecule has 0 aliphatic carbocycles. The van der Waals surface area contributed by atoms with E-state index in [4.69, 9.17) is 11.6 Å². The molecule has 14 heavy (non-hydrogen) atoms. The van der Waals surface area contributed by atoms with Crippen molar-refractivity contribution in [1.29, 1.82) is 0 Å². The second-order valence-electron chi connectivity index (χ2n) is 2.83. The second-order valence-corrected chi connectivity index (χ2v) is 6.80. The predicted molar refractivity (Wildman–Crippen MR) is 57.4 cm³/mol. The predicted octanol–water partition coefficient (Wildman–Crippen LogP) is 1.36. The van der Waals surface area contributed by atoms with E-state index in [0.29, 0.717) is 0 Å². The molecule has 0 saturated carbocycles. The van der Waals surface area contributed by atoms with Crippen molar-refractivity contribution in [2.75, 3.05) is 6.54 Å². The van der Waals surface area contributed by atoms with Gasteiger partial charge in [-0.3, -0.25) is 0 Å². The van der Waals surface area contributed by atoms with Gasteiger partial charge in [-0.15, -0.1) is 22.9 Å². The van der Waals surface area contributed by atoms with E-state index in [1.807, 2.05) is 0 Å². The Labute approximate surface area is 92.4 Å². The van der Waals surface area contributed by atoms with E-state index in [1.165, 1.54) is 6.20 Å². The van der Waals surface area contributed by atoms with Gasteiger partial charge in [0.05, 0.1) is 11.2 Å². The van der Waals surface area contributed by atoms with Crippen LogP contribution in [0.2, 0.25) is 0 Å². The molecule has 1 N–H and O–H groups in total. The summed E-state index contributed by atoms with van der Waals surface area (Å²) in [7, 11) is -3.41. The van der Waals surface area contributed by atoms with E-state index in [1.54, 1.807) is 13.8 Å². The number of nitrogens with zero attached hydrogens (tertiary/aromatic N) is 1. The van der Waals surface area contributed by atoms with Gasteiger partial charge < -0.3 is 0 Å². The first kappa shape index (κ1) is 11.9. The van der Waals surface area contributed by atoms with Crippen LogP contribution in [0.4, 0.5) is 0 Å². The lowest BCUT2D eigenvalue weighted by Gasteiger charge is -2.04. The number of alkyl halides is 1. The third-order valence-corrected chi connectivity index (χ3v) is 4.37. The number of sulfonamides is 1. The van der Waals surface area contributed by atoms with Crippen LogP contribution in [0.15, 0.2) is 10.4 Å². The van der Waals surface area contributed by atoms with Crippen molar-refractivity contribution in [3.63, 3.8) is 0 Å². The van der Waals surface area contributed by atoms with Crippen LogP contribution in [-0.2, 0) is 10.0 Å². The van der Waals surface area contributed by atoms with Crippen LogP contribution >= 0.6 is 22.9 Å². The quantitative estimate of drug-likeness (QED) is 0.826. The highest BCUT2D eigenvalue weighted by Crippen LogP contribution is 2.17. The standard InChI is InChI=1S/C7H11ClN2O2S2/c1-5(8)3-10-14(11,12)7-4-9-6(2)13-7/h4-5,10H,3H2,1-2H3. The smallest absolute Gasteiger partial charge is 0.249 e. The Kier molecular flexibility index (Phi) is 3.88. The minimum absolute atomic E-state index is 0.223. The molecule has 0 aliphatic heterocycles. The van der Waals surface area contributed by atoms with Crippen molar-refractivity contribution in [3.8, 4) is 0 Å². The molecule has 0 spiro atoms. The molecule has 1 rings (SSSR count). The topological polar surface area (TPSA) is 59.1 Å². The minimum Gasteiger partial charge on any atom is -0.249 e. The molecular weight excluding hydrogens is 244 g/mol. The van der Waals surface area contributed by atoms with Crippen molar-refractivity contribution >= 4 is 33.0 Å². The van der Waals surface area contributed by atoms with Crippen LogP contribution in [0.5, 0.6) is 0 Å². The van der Waals surface area contributed by atoms with Gasteiger partial charge in [-0.1, -0.05) is 0 Å². The number of rotatable bonds is 4. The molecule has 0 aromatic carbocycles. The molecule has 0 fully saturated rings. The Morgan fingerprint density at radius 2 is 2.36 bits per heavy atom. The van der Waals surface area contributed by atoms with Crippen molar-refractivity contribution < 1.29 is 8.42 Å². The van der Waals surface area contributed by atoms with Crippen molar-refractivity contribution in [1.82, 2.24) is 9.71 Å². The maximum absolute atomic E-state index is 11.6. The largest absolute Gasteiger partial charge is 0.251 e. The van der Waals surface area contributed by atoms with Crippen LogP contribution < -0.4 is 4.72 Å². The van der Waals surface area contributed by atoms with E-state index in [0.717, 1.165) is 16.3 Å². The summed E-state index contributed by atoms with van der Waals surface area (Å²) in [6.07, 6.45) is 1.35. The fourth-order valence-corrected chi connectivity index (χ4v) is 3.21. The van der Waals surface area contributed by atoms with Gasteiger partial charge >= 0.3 is 0 Å². The zero-order valence-electron chi connectivity index (χ0n) is 7.82. The summed E-state index contributed by atoms with van der Waals surface area (Å²) in [5.41, 5.74) is 0. The third-order valence-electron chi connectivity index (χ3n) is 1.42. The second kappa shape index (κ2) is 4.57. The Morgan fingerprint density at radius 3 is 2.79 bits per heavy atom. The van der Waals surface area contributed by atoms with Crippen LogP contribution in [-0.4, -0.2) is 25.3 Å². The van der Waals surface area contributed by atoms with E-state index in [2.05, 4.69) is 9.71 Å². The van der Waals surface area contributed by atoms with Gasteiger partial charge in [0.15, 0.2) is 4.21 Å². The average molecular weight is 255 g/mol. The van der Waals surface area contributed by atoms with Gasteiger partial charge in [-0.05, 0) is 13.8 Å². The van der Waals surface area contributed by atoms with Gasteiger partial charge in [0, 0.05) is 11.9 Å². The van der Waals surface area contributed by atoms with Gasteiger partial charge in [0.1, 0.15) is 0 Å². The molecule has 0 bridgehead atoms. The Balaban J connectivity index is 2.76. The minimum atomic E-state index is -3.41. The molecule has 4 nitrogen and oxygen atoms in total. The fraction of sp³-hybridized carbons (Fsp3) is 0.571. The third kappa shape index (κ3) is 3.20. The highest BCUT2D eigenvalue weighted by Gasteiger charge is 2.16. The molecule has 0 amide bonds. The van der Waals surface area contributed by atoms with Crippen molar-refractivity contribution in [3.05, 3.63) is 11.2 Å². The Hall–Kier alpha value is -0.170. The molecule has 0 aliphatic rings. The first-order chi connectivity index (χ1) is 6.42. The number of halogens is 1.